The van der Waals surface area contributed by atoms with Gasteiger partial charge < -0.3 is 15.0 Å². The minimum Gasteiger partial charge on any atom is -0.484 e. The molecule has 30 heavy (non-hydrogen) atoms. The van der Waals surface area contributed by atoms with Crippen LogP contribution >= 0.6 is 11.6 Å². The van der Waals surface area contributed by atoms with E-state index >= 15 is 0 Å². The fraction of sp³-hybridized carbons (Fsp3) is 0.417. The Morgan fingerprint density at radius 2 is 1.77 bits per heavy atom. The second kappa shape index (κ2) is 11.0. The smallest absolute Gasteiger partial charge is 0.261 e. The van der Waals surface area contributed by atoms with Crippen molar-refractivity contribution >= 4 is 23.4 Å². The Bertz CT molecular complexity index is 883. The minimum absolute atomic E-state index is 0.158. The fourth-order valence-electron chi connectivity index (χ4n) is 2.94. The zero-order valence-corrected chi connectivity index (χ0v) is 19.1. The van der Waals surface area contributed by atoms with Crippen LogP contribution in [0, 0.1) is 19.8 Å². The number of halogens is 1. The molecule has 6 heteroatoms. The van der Waals surface area contributed by atoms with E-state index < -0.39 is 6.04 Å². The summed E-state index contributed by atoms with van der Waals surface area (Å²) < 4.78 is 5.70. The van der Waals surface area contributed by atoms with Crippen molar-refractivity contribution in [3.05, 3.63) is 64.2 Å². The van der Waals surface area contributed by atoms with Crippen LogP contribution in [0.5, 0.6) is 5.75 Å². The molecule has 2 amide bonds. The molecule has 2 aromatic rings. The number of nitrogens with one attached hydrogen (secondary N) is 1. The highest BCUT2D eigenvalue weighted by atomic mass is 35.5. The van der Waals surface area contributed by atoms with Crippen LogP contribution in [0.2, 0.25) is 5.02 Å². The lowest BCUT2D eigenvalue weighted by Gasteiger charge is -2.29. The summed E-state index contributed by atoms with van der Waals surface area (Å²) in [4.78, 5) is 27.3. The largest absolute Gasteiger partial charge is 0.484 e. The molecule has 0 fully saturated rings. The third kappa shape index (κ3) is 6.77. The first kappa shape index (κ1) is 23.7. The predicted octanol–water partition coefficient (Wildman–Crippen LogP) is 4.53. The molecule has 1 N–H and O–H groups in total. The van der Waals surface area contributed by atoms with E-state index in [1.807, 2.05) is 52.0 Å². The van der Waals surface area contributed by atoms with Crippen molar-refractivity contribution in [3.63, 3.8) is 0 Å². The Morgan fingerprint density at radius 3 is 2.40 bits per heavy atom. The molecule has 0 saturated carbocycles. The molecule has 5 nitrogen and oxygen atoms in total. The highest BCUT2D eigenvalue weighted by molar-refractivity contribution is 6.31. The van der Waals surface area contributed by atoms with Crippen molar-refractivity contribution in [1.29, 1.82) is 0 Å². The quantitative estimate of drug-likeness (QED) is 0.636. The third-order valence-electron chi connectivity index (χ3n) is 4.95. The number of aryl methyl sites for hydroxylation is 2. The highest BCUT2D eigenvalue weighted by Crippen LogP contribution is 2.21. The SMILES string of the molecule is Cc1cc(OCC(=O)N(Cc2ccccc2C)[C@H](C)C(=O)NCC(C)C)ccc1Cl. The second-order valence-corrected chi connectivity index (χ2v) is 8.37. The van der Waals surface area contributed by atoms with Gasteiger partial charge in [-0.15, -0.1) is 0 Å². The molecule has 0 bridgehead atoms. The third-order valence-corrected chi connectivity index (χ3v) is 5.37. The zero-order chi connectivity index (χ0) is 22.3. The van der Waals surface area contributed by atoms with Gasteiger partial charge in [0, 0.05) is 18.1 Å². The van der Waals surface area contributed by atoms with E-state index in [-0.39, 0.29) is 18.4 Å². The lowest BCUT2D eigenvalue weighted by atomic mass is 10.1. The van der Waals surface area contributed by atoms with Crippen LogP contribution in [0.3, 0.4) is 0 Å². The van der Waals surface area contributed by atoms with Gasteiger partial charge in [-0.3, -0.25) is 9.59 Å². The number of amides is 2. The van der Waals surface area contributed by atoms with Gasteiger partial charge in [-0.25, -0.2) is 0 Å². The average molecular weight is 431 g/mol. The van der Waals surface area contributed by atoms with Gasteiger partial charge in [-0.05, 0) is 61.6 Å². The molecule has 0 saturated heterocycles. The van der Waals surface area contributed by atoms with Crippen LogP contribution in [-0.2, 0) is 16.1 Å². The average Bonchev–Trinajstić information content (AvgIpc) is 2.71. The molecule has 0 aliphatic heterocycles. The maximum absolute atomic E-state index is 13.1. The summed E-state index contributed by atoms with van der Waals surface area (Å²) in [6.45, 7) is 10.4. The number of carbonyl (C=O) groups is 2. The lowest BCUT2D eigenvalue weighted by Crippen LogP contribution is -2.49. The number of nitrogens with zero attached hydrogens (tertiary/aromatic N) is 1. The standard InChI is InChI=1S/C24H31ClN2O3/c1-16(2)13-26-24(29)19(5)27(14-20-9-7-6-8-17(20)3)23(28)15-30-21-10-11-22(25)18(4)12-21/h6-12,16,19H,13-15H2,1-5H3,(H,26,29)/t19-/m1/s1. The van der Waals surface area contributed by atoms with Crippen LogP contribution in [0.15, 0.2) is 42.5 Å². The van der Waals surface area contributed by atoms with Gasteiger partial charge in [0.1, 0.15) is 11.8 Å². The van der Waals surface area contributed by atoms with E-state index in [1.54, 1.807) is 30.0 Å². The monoisotopic (exact) mass is 430 g/mol. The molecule has 2 rings (SSSR count). The number of benzene rings is 2. The van der Waals surface area contributed by atoms with E-state index in [2.05, 4.69) is 5.32 Å². The van der Waals surface area contributed by atoms with Crippen LogP contribution < -0.4 is 10.1 Å². The van der Waals surface area contributed by atoms with Gasteiger partial charge in [-0.1, -0.05) is 49.7 Å². The summed E-state index contributed by atoms with van der Waals surface area (Å²) in [6.07, 6.45) is 0. The molecule has 0 heterocycles. The van der Waals surface area contributed by atoms with Gasteiger partial charge in [-0.2, -0.15) is 0 Å². The van der Waals surface area contributed by atoms with E-state index in [0.717, 1.165) is 16.7 Å². The molecule has 162 valence electrons. The summed E-state index contributed by atoms with van der Waals surface area (Å²) >= 11 is 6.05. The number of hydrogen-bond acceptors (Lipinski definition) is 3. The molecule has 0 aromatic heterocycles. The lowest BCUT2D eigenvalue weighted by molar-refractivity contribution is -0.142. The predicted molar refractivity (Wildman–Crippen MR) is 121 cm³/mol. The van der Waals surface area contributed by atoms with Crippen molar-refractivity contribution in [2.75, 3.05) is 13.2 Å². The molecule has 2 aromatic carbocycles. The Hall–Kier alpha value is -2.53. The summed E-state index contributed by atoms with van der Waals surface area (Å²) in [7, 11) is 0. The first-order valence-corrected chi connectivity index (χ1v) is 10.6. The van der Waals surface area contributed by atoms with Gasteiger partial charge in [0.25, 0.3) is 5.91 Å². The number of ether oxygens (including phenoxy) is 1. The van der Waals surface area contributed by atoms with Crippen molar-refractivity contribution in [1.82, 2.24) is 10.2 Å². The van der Waals surface area contributed by atoms with Crippen molar-refractivity contribution < 1.29 is 14.3 Å². The minimum atomic E-state index is -0.619. The van der Waals surface area contributed by atoms with Gasteiger partial charge in [0.2, 0.25) is 5.91 Å². The van der Waals surface area contributed by atoms with Crippen molar-refractivity contribution in [3.8, 4) is 5.75 Å². The molecule has 0 aliphatic carbocycles. The van der Waals surface area contributed by atoms with Gasteiger partial charge in [0.05, 0.1) is 0 Å². The van der Waals surface area contributed by atoms with Crippen LogP contribution in [0.1, 0.15) is 37.5 Å². The molecule has 0 spiro atoms. The first-order valence-electron chi connectivity index (χ1n) is 10.2. The second-order valence-electron chi connectivity index (χ2n) is 7.96. The molecular weight excluding hydrogens is 400 g/mol. The van der Waals surface area contributed by atoms with E-state index in [1.165, 1.54) is 0 Å². The maximum atomic E-state index is 13.1. The van der Waals surface area contributed by atoms with E-state index in [4.69, 9.17) is 16.3 Å². The first-order chi connectivity index (χ1) is 14.2. The number of carbonyl (C=O) groups excluding carboxylic acids is 2. The summed E-state index contributed by atoms with van der Waals surface area (Å²) in [5, 5.41) is 3.56. The zero-order valence-electron chi connectivity index (χ0n) is 18.4. The Labute approximate surface area is 184 Å². The van der Waals surface area contributed by atoms with Crippen molar-refractivity contribution in [2.45, 2.75) is 47.2 Å². The molecule has 0 aliphatic rings. The summed E-state index contributed by atoms with van der Waals surface area (Å²) in [5.74, 6) is 0.474. The maximum Gasteiger partial charge on any atom is 0.261 e. The van der Waals surface area contributed by atoms with Crippen LogP contribution in [-0.4, -0.2) is 35.9 Å². The number of hydrogen-bond donors (Lipinski definition) is 1. The van der Waals surface area contributed by atoms with Crippen molar-refractivity contribution in [2.24, 2.45) is 5.92 Å². The normalized spacial score (nSPS) is 11.8. The van der Waals surface area contributed by atoms with E-state index in [9.17, 15) is 9.59 Å². The Balaban J connectivity index is 2.16. The molecule has 0 radical (unpaired) electrons. The van der Waals surface area contributed by atoms with Crippen LogP contribution in [0.25, 0.3) is 0 Å². The summed E-state index contributed by atoms with van der Waals surface area (Å²) in [6, 6.07) is 12.5. The van der Waals surface area contributed by atoms with Gasteiger partial charge in [0.15, 0.2) is 6.61 Å². The highest BCUT2D eigenvalue weighted by Gasteiger charge is 2.27. The Morgan fingerprint density at radius 1 is 1.07 bits per heavy atom. The topological polar surface area (TPSA) is 58.6 Å². The summed E-state index contributed by atoms with van der Waals surface area (Å²) in [5.41, 5.74) is 2.94. The van der Waals surface area contributed by atoms with Crippen LogP contribution in [0.4, 0.5) is 0 Å². The molecule has 0 unspecified atom stereocenters. The van der Waals surface area contributed by atoms with Gasteiger partial charge >= 0.3 is 0 Å². The number of rotatable bonds is 9. The molecular formula is C24H31ClN2O3. The molecule has 1 atom stereocenters. The Kier molecular flexibility index (Phi) is 8.72. The van der Waals surface area contributed by atoms with E-state index in [0.29, 0.717) is 29.8 Å². The fourth-order valence-corrected chi connectivity index (χ4v) is 3.06.